The molecule has 1 heterocycles. The van der Waals surface area contributed by atoms with Crippen LogP contribution in [0.2, 0.25) is 0 Å². The van der Waals surface area contributed by atoms with E-state index in [1.807, 2.05) is 38.1 Å². The van der Waals surface area contributed by atoms with Crippen LogP contribution in [0.3, 0.4) is 0 Å². The number of halogens is 1. The van der Waals surface area contributed by atoms with Crippen LogP contribution in [0.1, 0.15) is 18.1 Å². The lowest BCUT2D eigenvalue weighted by Crippen LogP contribution is -2.13. The maximum atomic E-state index is 6.10. The predicted molar refractivity (Wildman–Crippen MR) is 55.1 cm³/mol. The van der Waals surface area contributed by atoms with Crippen molar-refractivity contribution < 1.29 is 4.74 Å². The van der Waals surface area contributed by atoms with Crippen LogP contribution in [0.4, 0.5) is 0 Å². The Morgan fingerprint density at radius 3 is 2.92 bits per heavy atom. The van der Waals surface area contributed by atoms with Gasteiger partial charge in [0.25, 0.3) is 0 Å². The molecular formula is C11H11ClO. The average Bonchev–Trinajstić information content (AvgIpc) is 2.06. The van der Waals surface area contributed by atoms with Gasteiger partial charge in [0.15, 0.2) is 0 Å². The maximum absolute atomic E-state index is 6.10. The predicted octanol–water partition coefficient (Wildman–Crippen LogP) is 3.36. The van der Waals surface area contributed by atoms with E-state index in [1.165, 1.54) is 5.56 Å². The van der Waals surface area contributed by atoms with E-state index in [4.69, 9.17) is 16.3 Å². The van der Waals surface area contributed by atoms with Crippen LogP contribution in [0, 0.1) is 6.92 Å². The minimum atomic E-state index is 0.0720. The molecule has 2 heteroatoms. The van der Waals surface area contributed by atoms with Crippen molar-refractivity contribution in [1.82, 2.24) is 0 Å². The van der Waals surface area contributed by atoms with Crippen LogP contribution in [-0.4, -0.2) is 6.10 Å². The van der Waals surface area contributed by atoms with E-state index in [-0.39, 0.29) is 6.10 Å². The second kappa shape index (κ2) is 3.08. The topological polar surface area (TPSA) is 9.23 Å². The molecule has 1 aliphatic heterocycles. The van der Waals surface area contributed by atoms with Crippen LogP contribution in [0.25, 0.3) is 5.03 Å². The van der Waals surface area contributed by atoms with Gasteiger partial charge >= 0.3 is 0 Å². The molecule has 0 aliphatic carbocycles. The Labute approximate surface area is 83.0 Å². The zero-order chi connectivity index (χ0) is 9.42. The summed E-state index contributed by atoms with van der Waals surface area (Å²) in [6.45, 7) is 4.02. The van der Waals surface area contributed by atoms with Crippen molar-refractivity contribution in [3.05, 3.63) is 35.4 Å². The first-order valence-electron chi connectivity index (χ1n) is 4.32. The SMILES string of the molecule is Cc1ccc2c(c1)C(Cl)=CC(C)O2. The third-order valence-electron chi connectivity index (χ3n) is 2.09. The molecule has 0 bridgehead atoms. The summed E-state index contributed by atoms with van der Waals surface area (Å²) < 4.78 is 5.60. The summed E-state index contributed by atoms with van der Waals surface area (Å²) in [5.74, 6) is 0.880. The maximum Gasteiger partial charge on any atom is 0.128 e. The lowest BCUT2D eigenvalue weighted by molar-refractivity contribution is 0.265. The summed E-state index contributed by atoms with van der Waals surface area (Å²) in [4.78, 5) is 0. The summed E-state index contributed by atoms with van der Waals surface area (Å²) in [5, 5.41) is 0.789. The molecule has 2 rings (SSSR count). The van der Waals surface area contributed by atoms with Crippen LogP contribution >= 0.6 is 11.6 Å². The number of fused-ring (bicyclic) bond motifs is 1. The zero-order valence-electron chi connectivity index (χ0n) is 7.67. The van der Waals surface area contributed by atoms with Crippen molar-refractivity contribution in [2.75, 3.05) is 0 Å². The number of hydrogen-bond donors (Lipinski definition) is 0. The highest BCUT2D eigenvalue weighted by atomic mass is 35.5. The van der Waals surface area contributed by atoms with Gasteiger partial charge in [0.1, 0.15) is 11.9 Å². The van der Waals surface area contributed by atoms with Gasteiger partial charge in [0, 0.05) is 5.56 Å². The Balaban J connectivity index is 2.54. The number of hydrogen-bond acceptors (Lipinski definition) is 1. The molecule has 1 nitrogen and oxygen atoms in total. The monoisotopic (exact) mass is 194 g/mol. The van der Waals surface area contributed by atoms with E-state index < -0.39 is 0 Å². The fourth-order valence-corrected chi connectivity index (χ4v) is 1.79. The molecule has 1 aromatic rings. The van der Waals surface area contributed by atoms with E-state index >= 15 is 0 Å². The van der Waals surface area contributed by atoms with Crippen LogP contribution in [0.15, 0.2) is 24.3 Å². The molecule has 0 amide bonds. The third-order valence-corrected chi connectivity index (χ3v) is 2.42. The number of ether oxygens (including phenoxy) is 1. The summed E-state index contributed by atoms with van der Waals surface area (Å²) in [5.41, 5.74) is 2.20. The van der Waals surface area contributed by atoms with E-state index in [2.05, 4.69) is 0 Å². The zero-order valence-corrected chi connectivity index (χ0v) is 8.43. The van der Waals surface area contributed by atoms with Gasteiger partial charge in [-0.1, -0.05) is 23.2 Å². The second-order valence-electron chi connectivity index (χ2n) is 3.34. The third kappa shape index (κ3) is 1.56. The largest absolute Gasteiger partial charge is 0.486 e. The Kier molecular flexibility index (Phi) is 2.04. The lowest BCUT2D eigenvalue weighted by Gasteiger charge is -2.20. The Hall–Kier alpha value is -0.950. The Morgan fingerprint density at radius 2 is 2.15 bits per heavy atom. The highest BCUT2D eigenvalue weighted by Gasteiger charge is 2.15. The van der Waals surface area contributed by atoms with Gasteiger partial charge in [-0.3, -0.25) is 0 Å². The van der Waals surface area contributed by atoms with Crippen molar-refractivity contribution in [3.63, 3.8) is 0 Å². The molecule has 1 aliphatic rings. The fraction of sp³-hybridized carbons (Fsp3) is 0.273. The van der Waals surface area contributed by atoms with Gasteiger partial charge in [-0.25, -0.2) is 0 Å². The fourth-order valence-electron chi connectivity index (χ4n) is 1.46. The van der Waals surface area contributed by atoms with Gasteiger partial charge in [0.05, 0.1) is 5.03 Å². The molecule has 68 valence electrons. The second-order valence-corrected chi connectivity index (χ2v) is 3.74. The van der Waals surface area contributed by atoms with E-state index in [0.717, 1.165) is 16.3 Å². The number of aryl methyl sites for hydroxylation is 1. The van der Waals surface area contributed by atoms with Gasteiger partial charge in [-0.2, -0.15) is 0 Å². The molecular weight excluding hydrogens is 184 g/mol. The highest BCUT2D eigenvalue weighted by molar-refractivity contribution is 6.49. The van der Waals surface area contributed by atoms with Crippen LogP contribution < -0.4 is 4.74 Å². The summed E-state index contributed by atoms with van der Waals surface area (Å²) >= 11 is 6.10. The van der Waals surface area contributed by atoms with Crippen LogP contribution in [0.5, 0.6) is 5.75 Å². The summed E-state index contributed by atoms with van der Waals surface area (Å²) in [7, 11) is 0. The van der Waals surface area contributed by atoms with Gasteiger partial charge in [-0.05, 0) is 32.1 Å². The molecule has 0 radical (unpaired) electrons. The summed E-state index contributed by atoms with van der Waals surface area (Å²) in [6, 6.07) is 6.04. The molecule has 1 atom stereocenters. The smallest absolute Gasteiger partial charge is 0.128 e. The standard InChI is InChI=1S/C11H11ClO/c1-7-3-4-11-9(5-7)10(12)6-8(2)13-11/h3-6,8H,1-2H3. The van der Waals surface area contributed by atoms with Crippen LogP contribution in [-0.2, 0) is 0 Å². The Morgan fingerprint density at radius 1 is 1.38 bits per heavy atom. The average molecular weight is 195 g/mol. The molecule has 0 saturated heterocycles. The van der Waals surface area contributed by atoms with Crippen molar-refractivity contribution in [1.29, 1.82) is 0 Å². The normalized spacial score (nSPS) is 20.2. The molecule has 0 N–H and O–H groups in total. The van der Waals surface area contributed by atoms with Gasteiger partial charge < -0.3 is 4.74 Å². The molecule has 0 saturated carbocycles. The van der Waals surface area contributed by atoms with Gasteiger partial charge in [-0.15, -0.1) is 0 Å². The minimum absolute atomic E-state index is 0.0720. The molecule has 1 unspecified atom stereocenters. The van der Waals surface area contributed by atoms with Crippen molar-refractivity contribution in [2.24, 2.45) is 0 Å². The quantitative estimate of drug-likeness (QED) is 0.616. The molecule has 0 fully saturated rings. The first-order valence-corrected chi connectivity index (χ1v) is 4.69. The van der Waals surface area contributed by atoms with Crippen molar-refractivity contribution in [3.8, 4) is 5.75 Å². The van der Waals surface area contributed by atoms with E-state index in [0.29, 0.717) is 0 Å². The first kappa shape index (κ1) is 8.64. The molecule has 13 heavy (non-hydrogen) atoms. The molecule has 0 spiro atoms. The summed E-state index contributed by atoms with van der Waals surface area (Å²) in [6.07, 6.45) is 1.99. The number of benzene rings is 1. The lowest BCUT2D eigenvalue weighted by atomic mass is 10.1. The van der Waals surface area contributed by atoms with Crippen molar-refractivity contribution in [2.45, 2.75) is 20.0 Å². The Bertz CT molecular complexity index is 368. The van der Waals surface area contributed by atoms with Crippen molar-refractivity contribution >= 4 is 16.6 Å². The number of rotatable bonds is 0. The highest BCUT2D eigenvalue weighted by Crippen LogP contribution is 2.34. The molecule has 0 aromatic heterocycles. The minimum Gasteiger partial charge on any atom is -0.486 e. The van der Waals surface area contributed by atoms with E-state index in [9.17, 15) is 0 Å². The molecule has 1 aromatic carbocycles. The first-order chi connectivity index (χ1) is 6.16. The van der Waals surface area contributed by atoms with Gasteiger partial charge in [0.2, 0.25) is 0 Å². The van der Waals surface area contributed by atoms with E-state index in [1.54, 1.807) is 0 Å².